The third kappa shape index (κ3) is 11.8. The van der Waals surface area contributed by atoms with Crippen molar-refractivity contribution >= 4 is 5.78 Å². The molecule has 0 aromatic heterocycles. The lowest BCUT2D eigenvalue weighted by Crippen LogP contribution is -2.73. The highest BCUT2D eigenvalue weighted by molar-refractivity contribution is 5.87. The quantitative estimate of drug-likeness (QED) is 0.0752. The van der Waals surface area contributed by atoms with E-state index in [2.05, 4.69) is 6.92 Å². The van der Waals surface area contributed by atoms with E-state index in [1.54, 1.807) is 0 Å². The fourth-order valence-corrected chi connectivity index (χ4v) is 6.12. The van der Waals surface area contributed by atoms with Gasteiger partial charge in [-0.05, 0) is 6.42 Å². The molecule has 0 aliphatic carbocycles. The van der Waals surface area contributed by atoms with E-state index < -0.39 is 79.8 Å². The van der Waals surface area contributed by atoms with Gasteiger partial charge in [0.15, 0.2) is 12.1 Å². The van der Waals surface area contributed by atoms with Crippen molar-refractivity contribution < 1.29 is 54.8 Å². The maximum absolute atomic E-state index is 13.0. The van der Waals surface area contributed by atoms with Gasteiger partial charge in [-0.2, -0.15) is 0 Å². The molecule has 2 heterocycles. The molecule has 0 bridgehead atoms. The fraction of sp³-hybridized carbons (Fsp3) is 0.969. The summed E-state index contributed by atoms with van der Waals surface area (Å²) in [7, 11) is 0. The van der Waals surface area contributed by atoms with E-state index in [0.717, 1.165) is 25.7 Å². The standard InChI is InChI=1S/C32H61NO11/c1-2-3-4-5-6-7-8-9-10-11-12-13-14-15-16-17-18-19-24(36)32(33)30(41)28(40)29(23(21-35)44-32)43-31-27(39)26(38)25(37)22(20-34)42-31/h22-23,25-31,34-35,37-41H,2-21,33H2,1H3/t22-,23-,25-,26+,27+,28+,29-,30+,31+,32-/m1/s1. The Morgan fingerprint density at radius 3 is 1.57 bits per heavy atom. The van der Waals surface area contributed by atoms with Crippen LogP contribution in [-0.4, -0.2) is 116 Å². The van der Waals surface area contributed by atoms with Crippen LogP contribution in [0.2, 0.25) is 0 Å². The van der Waals surface area contributed by atoms with Crippen molar-refractivity contribution in [2.24, 2.45) is 5.73 Å². The highest BCUT2D eigenvalue weighted by Crippen LogP contribution is 2.33. The number of ether oxygens (including phenoxy) is 3. The van der Waals surface area contributed by atoms with Crippen molar-refractivity contribution in [2.75, 3.05) is 13.2 Å². The van der Waals surface area contributed by atoms with Crippen LogP contribution in [0.4, 0.5) is 0 Å². The van der Waals surface area contributed by atoms with Gasteiger partial charge in [0.25, 0.3) is 0 Å². The van der Waals surface area contributed by atoms with Gasteiger partial charge >= 0.3 is 0 Å². The maximum Gasteiger partial charge on any atom is 0.205 e. The zero-order chi connectivity index (χ0) is 32.5. The summed E-state index contributed by atoms with van der Waals surface area (Å²) in [5.74, 6) is -0.616. The number of ketones is 1. The number of aliphatic hydroxyl groups is 7. The normalized spacial score (nSPS) is 34.3. The summed E-state index contributed by atoms with van der Waals surface area (Å²) in [5.41, 5.74) is 3.86. The highest BCUT2D eigenvalue weighted by Gasteiger charge is 2.57. The number of unbranched alkanes of at least 4 members (excludes halogenated alkanes) is 16. The highest BCUT2D eigenvalue weighted by atomic mass is 16.7. The van der Waals surface area contributed by atoms with Crippen LogP contribution in [-0.2, 0) is 19.0 Å². The molecule has 10 atom stereocenters. The Kier molecular flexibility index (Phi) is 19.0. The van der Waals surface area contributed by atoms with Crippen molar-refractivity contribution in [3.8, 4) is 0 Å². The number of carbonyl (C=O) groups is 1. The zero-order valence-corrected chi connectivity index (χ0v) is 26.7. The molecule has 0 amide bonds. The van der Waals surface area contributed by atoms with E-state index >= 15 is 0 Å². The van der Waals surface area contributed by atoms with Crippen molar-refractivity contribution in [3.05, 3.63) is 0 Å². The summed E-state index contributed by atoms with van der Waals surface area (Å²) in [5, 5.41) is 71.1. The number of rotatable bonds is 23. The van der Waals surface area contributed by atoms with Crippen LogP contribution in [0, 0.1) is 0 Å². The monoisotopic (exact) mass is 635 g/mol. The van der Waals surface area contributed by atoms with E-state index in [9.17, 15) is 40.5 Å². The minimum atomic E-state index is -2.28. The molecule has 2 aliphatic heterocycles. The lowest BCUT2D eigenvalue weighted by Gasteiger charge is -2.49. The Hall–Kier alpha value is -0.770. The molecule has 44 heavy (non-hydrogen) atoms. The van der Waals surface area contributed by atoms with Crippen molar-refractivity contribution in [1.29, 1.82) is 0 Å². The second-order valence-electron chi connectivity index (χ2n) is 12.7. The minimum absolute atomic E-state index is 0.0231. The van der Waals surface area contributed by atoms with Crippen LogP contribution in [0.3, 0.4) is 0 Å². The number of aliphatic hydroxyl groups excluding tert-OH is 7. The van der Waals surface area contributed by atoms with Crippen molar-refractivity contribution in [3.63, 3.8) is 0 Å². The van der Waals surface area contributed by atoms with Crippen molar-refractivity contribution in [2.45, 2.75) is 183 Å². The van der Waals surface area contributed by atoms with Gasteiger partial charge < -0.3 is 50.0 Å². The number of hydrogen-bond donors (Lipinski definition) is 8. The lowest BCUT2D eigenvalue weighted by atomic mass is 9.86. The number of nitrogens with two attached hydrogens (primary N) is 1. The van der Waals surface area contributed by atoms with E-state index in [0.29, 0.717) is 6.42 Å². The average Bonchev–Trinajstić information content (AvgIpc) is 3.02. The number of Topliss-reactive ketones (excluding diaryl/α,β-unsaturated/α-hetero) is 1. The van der Waals surface area contributed by atoms with Gasteiger partial charge in [-0.15, -0.1) is 0 Å². The van der Waals surface area contributed by atoms with Crippen molar-refractivity contribution in [1.82, 2.24) is 0 Å². The second kappa shape index (κ2) is 21.2. The van der Waals surface area contributed by atoms with Crippen LogP contribution in [0.5, 0.6) is 0 Å². The summed E-state index contributed by atoms with van der Waals surface area (Å²) in [4.78, 5) is 13.0. The molecule has 0 aromatic rings. The van der Waals surface area contributed by atoms with Crippen LogP contribution in [0.15, 0.2) is 0 Å². The predicted octanol–water partition coefficient (Wildman–Crippen LogP) is 1.55. The van der Waals surface area contributed by atoms with Crippen LogP contribution >= 0.6 is 0 Å². The van der Waals surface area contributed by atoms with Crippen LogP contribution in [0.1, 0.15) is 122 Å². The smallest absolute Gasteiger partial charge is 0.205 e. The van der Waals surface area contributed by atoms with Gasteiger partial charge in [0, 0.05) is 6.42 Å². The first-order valence-electron chi connectivity index (χ1n) is 17.0. The average molecular weight is 636 g/mol. The number of carbonyl (C=O) groups excluding carboxylic acids is 1. The summed E-state index contributed by atoms with van der Waals surface area (Å²) in [6, 6.07) is 0. The van der Waals surface area contributed by atoms with Gasteiger partial charge in [0.1, 0.15) is 48.8 Å². The van der Waals surface area contributed by atoms with Gasteiger partial charge in [0.2, 0.25) is 5.72 Å². The second-order valence-corrected chi connectivity index (χ2v) is 12.7. The Morgan fingerprint density at radius 1 is 0.659 bits per heavy atom. The molecule has 0 saturated carbocycles. The largest absolute Gasteiger partial charge is 0.394 e. The molecule has 0 unspecified atom stereocenters. The Morgan fingerprint density at radius 2 is 1.11 bits per heavy atom. The first-order valence-corrected chi connectivity index (χ1v) is 17.0. The molecule has 12 nitrogen and oxygen atoms in total. The summed E-state index contributed by atoms with van der Waals surface area (Å²) >= 11 is 0. The molecule has 2 aliphatic rings. The molecule has 9 N–H and O–H groups in total. The summed E-state index contributed by atoms with van der Waals surface area (Å²) in [6.45, 7) is 0.801. The van der Waals surface area contributed by atoms with E-state index in [4.69, 9.17) is 19.9 Å². The van der Waals surface area contributed by atoms with Gasteiger partial charge in [0.05, 0.1) is 13.2 Å². The Bertz CT molecular complexity index is 772. The Labute approximate surface area is 262 Å². The topological polar surface area (TPSA) is 212 Å². The fourth-order valence-electron chi connectivity index (χ4n) is 6.12. The van der Waals surface area contributed by atoms with Gasteiger partial charge in [-0.3, -0.25) is 10.5 Å². The lowest BCUT2D eigenvalue weighted by molar-refractivity contribution is -0.348. The third-order valence-electron chi connectivity index (χ3n) is 9.08. The predicted molar refractivity (Wildman–Crippen MR) is 163 cm³/mol. The van der Waals surface area contributed by atoms with Crippen LogP contribution < -0.4 is 5.73 Å². The first kappa shape index (κ1) is 39.4. The molecule has 2 fully saturated rings. The third-order valence-corrected chi connectivity index (χ3v) is 9.08. The molecule has 0 radical (unpaired) electrons. The summed E-state index contributed by atoms with van der Waals surface area (Å²) < 4.78 is 16.4. The van der Waals surface area contributed by atoms with E-state index in [1.165, 1.54) is 77.0 Å². The van der Waals surface area contributed by atoms with Crippen LogP contribution in [0.25, 0.3) is 0 Å². The zero-order valence-electron chi connectivity index (χ0n) is 26.7. The Balaban J connectivity index is 1.65. The molecule has 260 valence electrons. The van der Waals surface area contributed by atoms with Gasteiger partial charge in [-0.25, -0.2) is 0 Å². The molecular formula is C32H61NO11. The maximum atomic E-state index is 13.0. The number of hydrogen-bond acceptors (Lipinski definition) is 12. The van der Waals surface area contributed by atoms with E-state index in [1.807, 2.05) is 0 Å². The molecule has 2 rings (SSSR count). The van der Waals surface area contributed by atoms with E-state index in [-0.39, 0.29) is 6.42 Å². The van der Waals surface area contributed by atoms with Gasteiger partial charge in [-0.1, -0.05) is 110 Å². The molecule has 0 aromatic carbocycles. The molecule has 12 heteroatoms. The minimum Gasteiger partial charge on any atom is -0.394 e. The molecule has 0 spiro atoms. The molecule has 2 saturated heterocycles. The SMILES string of the molecule is CCCCCCCCCCCCCCCCCCCC(=O)[C@@]1(N)O[C@H](CO)[C@@H](O[C@@H]2O[C@H](CO)[C@@H](O)[C@H](O)[C@@H]2O)[C@H](O)[C@@H]1O. The molecular weight excluding hydrogens is 574 g/mol. The summed E-state index contributed by atoms with van der Waals surface area (Å²) in [6.07, 6.45) is 5.86. The first-order chi connectivity index (χ1) is 21.1.